The van der Waals surface area contributed by atoms with Crippen LogP contribution in [-0.4, -0.2) is 39.3 Å². The van der Waals surface area contributed by atoms with Crippen LogP contribution < -0.4 is 4.18 Å². The topological polar surface area (TPSA) is 65.9 Å². The molecule has 0 unspecified atom stereocenters. The maximum absolute atomic E-state index is 13.2. The number of nitrogens with zero attached hydrogens (tertiary/aromatic N) is 3. The predicted molar refractivity (Wildman–Crippen MR) is 105 cm³/mol. The summed E-state index contributed by atoms with van der Waals surface area (Å²) in [5.41, 5.74) is 1.96. The number of fused-ring (bicyclic) bond motifs is 2. The van der Waals surface area contributed by atoms with Gasteiger partial charge in [0.15, 0.2) is 11.5 Å². The molecule has 1 aromatic heterocycles. The van der Waals surface area contributed by atoms with Gasteiger partial charge in [-0.25, -0.2) is 8.70 Å². The lowest BCUT2D eigenvalue weighted by Crippen LogP contribution is -2.23. The Kier molecular flexibility index (Phi) is 4.82. The van der Waals surface area contributed by atoms with Crippen LogP contribution in [0.25, 0.3) is 10.9 Å². The van der Waals surface area contributed by atoms with Crippen LogP contribution in [0, 0.1) is 5.82 Å². The summed E-state index contributed by atoms with van der Waals surface area (Å²) >= 11 is 1.13. The average molecular weight is 399 g/mol. The minimum atomic E-state index is -0.328. The number of benzene rings is 2. The molecule has 0 fully saturated rings. The Bertz CT molecular complexity index is 1060. The molecule has 0 atom stereocenters. The van der Waals surface area contributed by atoms with Gasteiger partial charge in [0.1, 0.15) is 23.6 Å². The number of phenols is 1. The summed E-state index contributed by atoms with van der Waals surface area (Å²) in [6, 6.07) is 9.57. The van der Waals surface area contributed by atoms with Gasteiger partial charge in [-0.3, -0.25) is 9.78 Å². The summed E-state index contributed by atoms with van der Waals surface area (Å²) < 4.78 is 20.9. The number of aromatic hydroxyl groups is 1. The second kappa shape index (κ2) is 7.29. The lowest BCUT2D eigenvalue weighted by molar-refractivity contribution is 0.0764. The van der Waals surface area contributed by atoms with Gasteiger partial charge in [-0.15, -0.1) is 0 Å². The smallest absolute Gasteiger partial charge is 0.258 e. The molecule has 144 valence electrons. The van der Waals surface area contributed by atoms with Crippen LogP contribution in [0.4, 0.5) is 4.39 Å². The second-order valence-corrected chi connectivity index (χ2v) is 7.73. The summed E-state index contributed by atoms with van der Waals surface area (Å²) in [4.78, 5) is 18.8. The first-order chi connectivity index (χ1) is 13.5. The highest BCUT2D eigenvalue weighted by molar-refractivity contribution is 7.92. The minimum Gasteiger partial charge on any atom is -0.505 e. The van der Waals surface area contributed by atoms with Gasteiger partial charge in [-0.1, -0.05) is 12.1 Å². The Morgan fingerprint density at radius 2 is 2.04 bits per heavy atom. The van der Waals surface area contributed by atoms with E-state index in [0.717, 1.165) is 17.8 Å². The fourth-order valence-corrected chi connectivity index (χ4v) is 3.68. The van der Waals surface area contributed by atoms with Crippen molar-refractivity contribution in [2.24, 2.45) is 0 Å². The van der Waals surface area contributed by atoms with E-state index in [0.29, 0.717) is 28.8 Å². The van der Waals surface area contributed by atoms with E-state index >= 15 is 0 Å². The number of amides is 1. The van der Waals surface area contributed by atoms with E-state index in [1.165, 1.54) is 12.1 Å². The molecule has 4 rings (SSSR count). The van der Waals surface area contributed by atoms with Crippen LogP contribution >= 0.6 is 12.2 Å². The van der Waals surface area contributed by atoms with Gasteiger partial charge >= 0.3 is 0 Å². The summed E-state index contributed by atoms with van der Waals surface area (Å²) in [6.45, 7) is 0.588. The van der Waals surface area contributed by atoms with Crippen molar-refractivity contribution < 1.29 is 18.5 Å². The average Bonchev–Trinajstić information content (AvgIpc) is 3.00. The number of phenolic OH excluding ortho intramolecular Hbond substituents is 1. The first-order valence-electron chi connectivity index (χ1n) is 8.64. The quantitative estimate of drug-likeness (QED) is 0.521. The van der Waals surface area contributed by atoms with Gasteiger partial charge in [-0.05, 0) is 29.8 Å². The Morgan fingerprint density at radius 3 is 2.75 bits per heavy atom. The molecule has 0 bridgehead atoms. The minimum absolute atomic E-state index is 0.139. The van der Waals surface area contributed by atoms with Crippen molar-refractivity contribution in [1.82, 2.24) is 14.2 Å². The van der Waals surface area contributed by atoms with Gasteiger partial charge in [0.05, 0.1) is 12.1 Å². The van der Waals surface area contributed by atoms with Crippen molar-refractivity contribution >= 4 is 29.0 Å². The number of hydrogen-bond donors (Lipinski definition) is 1. The standard InChI is InChI=1S/C20H18FN3O3S/c1-23(2)28-27-19-14-4-3-9-22-17(14)18(25)16-15(19)11-24(20(16)26)10-12-5-7-13(21)8-6-12/h3-9,25H,10-11H2,1-2H3. The molecular formula is C20H18FN3O3S. The normalized spacial score (nSPS) is 13.4. The van der Waals surface area contributed by atoms with E-state index in [-0.39, 0.29) is 29.6 Å². The van der Waals surface area contributed by atoms with Crippen molar-refractivity contribution in [3.63, 3.8) is 0 Å². The summed E-state index contributed by atoms with van der Waals surface area (Å²) in [5.74, 6) is -0.251. The van der Waals surface area contributed by atoms with Crippen LogP contribution in [0.2, 0.25) is 0 Å². The molecular weight excluding hydrogens is 381 g/mol. The van der Waals surface area contributed by atoms with Crippen molar-refractivity contribution in [3.8, 4) is 11.5 Å². The molecule has 1 aliphatic rings. The Morgan fingerprint density at radius 1 is 1.29 bits per heavy atom. The van der Waals surface area contributed by atoms with Gasteiger partial charge in [0.2, 0.25) is 0 Å². The summed E-state index contributed by atoms with van der Waals surface area (Å²) in [7, 11) is 3.69. The molecule has 6 nitrogen and oxygen atoms in total. The zero-order chi connectivity index (χ0) is 19.8. The van der Waals surface area contributed by atoms with E-state index in [1.54, 1.807) is 39.7 Å². The lowest BCUT2D eigenvalue weighted by Gasteiger charge is -2.16. The number of rotatable bonds is 5. The monoisotopic (exact) mass is 399 g/mol. The molecule has 0 aliphatic carbocycles. The molecule has 2 heterocycles. The molecule has 2 aromatic carbocycles. The second-order valence-electron chi connectivity index (χ2n) is 6.69. The zero-order valence-corrected chi connectivity index (χ0v) is 16.2. The molecule has 1 aliphatic heterocycles. The maximum atomic E-state index is 13.2. The molecule has 0 spiro atoms. The van der Waals surface area contributed by atoms with E-state index in [9.17, 15) is 14.3 Å². The Balaban J connectivity index is 1.77. The highest BCUT2D eigenvalue weighted by Crippen LogP contribution is 2.45. The molecule has 0 radical (unpaired) electrons. The highest BCUT2D eigenvalue weighted by atomic mass is 32.2. The number of carbonyl (C=O) groups excluding carboxylic acids is 1. The van der Waals surface area contributed by atoms with Gasteiger partial charge in [-0.2, -0.15) is 0 Å². The van der Waals surface area contributed by atoms with Gasteiger partial charge in [0, 0.05) is 37.8 Å². The van der Waals surface area contributed by atoms with Crippen LogP contribution in [0.15, 0.2) is 42.6 Å². The van der Waals surface area contributed by atoms with Gasteiger partial charge in [0.25, 0.3) is 5.91 Å². The number of hydrogen-bond acceptors (Lipinski definition) is 6. The van der Waals surface area contributed by atoms with Crippen molar-refractivity contribution in [2.75, 3.05) is 14.1 Å². The summed E-state index contributed by atoms with van der Waals surface area (Å²) in [5, 5.41) is 11.4. The number of carbonyl (C=O) groups is 1. The van der Waals surface area contributed by atoms with Crippen LogP contribution in [0.1, 0.15) is 21.5 Å². The van der Waals surface area contributed by atoms with E-state index < -0.39 is 0 Å². The Hall–Kier alpha value is -2.84. The predicted octanol–water partition coefficient (Wildman–Crippen LogP) is 3.74. The van der Waals surface area contributed by atoms with Crippen LogP contribution in [0.3, 0.4) is 0 Å². The third-order valence-electron chi connectivity index (χ3n) is 4.50. The lowest BCUT2D eigenvalue weighted by atomic mass is 10.0. The highest BCUT2D eigenvalue weighted by Gasteiger charge is 2.36. The molecule has 28 heavy (non-hydrogen) atoms. The summed E-state index contributed by atoms with van der Waals surface area (Å²) in [6.07, 6.45) is 1.56. The third kappa shape index (κ3) is 3.25. The molecule has 3 aromatic rings. The van der Waals surface area contributed by atoms with E-state index in [2.05, 4.69) is 4.98 Å². The first-order valence-corrected chi connectivity index (χ1v) is 9.33. The van der Waals surface area contributed by atoms with E-state index in [1.807, 2.05) is 14.1 Å². The fourth-order valence-electron chi connectivity index (χ4n) is 3.26. The van der Waals surface area contributed by atoms with E-state index in [4.69, 9.17) is 4.18 Å². The molecule has 1 amide bonds. The number of aromatic nitrogens is 1. The first kappa shape index (κ1) is 18.5. The molecule has 0 saturated carbocycles. The van der Waals surface area contributed by atoms with Crippen molar-refractivity contribution in [3.05, 3.63) is 65.1 Å². The number of pyridine rings is 1. The van der Waals surface area contributed by atoms with Crippen molar-refractivity contribution in [2.45, 2.75) is 13.1 Å². The Labute approximate surface area is 165 Å². The third-order valence-corrected chi connectivity index (χ3v) is 5.04. The number of halogens is 1. The maximum Gasteiger partial charge on any atom is 0.258 e. The molecule has 1 N–H and O–H groups in total. The molecule has 0 saturated heterocycles. The fraction of sp³-hybridized carbons (Fsp3) is 0.200. The molecule has 8 heteroatoms. The van der Waals surface area contributed by atoms with Gasteiger partial charge < -0.3 is 14.2 Å². The largest absolute Gasteiger partial charge is 0.505 e. The van der Waals surface area contributed by atoms with Crippen LogP contribution in [-0.2, 0) is 13.1 Å². The SMILES string of the molecule is CN(C)SOc1c2c(c(O)c3ncccc13)C(=O)N(Cc1ccc(F)cc1)C2. The zero-order valence-electron chi connectivity index (χ0n) is 15.3. The van der Waals surface area contributed by atoms with Crippen molar-refractivity contribution in [1.29, 1.82) is 0 Å². The van der Waals surface area contributed by atoms with Crippen LogP contribution in [0.5, 0.6) is 11.5 Å².